The van der Waals surface area contributed by atoms with Crippen LogP contribution >= 0.6 is 0 Å². The van der Waals surface area contributed by atoms with Crippen LogP contribution in [0.15, 0.2) is 36.4 Å². The van der Waals surface area contributed by atoms with Crippen LogP contribution in [0.4, 0.5) is 4.39 Å². The van der Waals surface area contributed by atoms with E-state index in [1.54, 1.807) is 12.1 Å². The van der Waals surface area contributed by atoms with E-state index in [4.69, 9.17) is 0 Å². The van der Waals surface area contributed by atoms with Gasteiger partial charge >= 0.3 is 0 Å². The smallest absolute Gasteiger partial charge is 0.123 e. The Kier molecular flexibility index (Phi) is 3.58. The number of benzene rings is 2. The summed E-state index contributed by atoms with van der Waals surface area (Å²) >= 11 is 0. The first-order chi connectivity index (χ1) is 9.63. The molecule has 1 nitrogen and oxygen atoms in total. The molecule has 0 bridgehead atoms. The Morgan fingerprint density at radius 2 is 1.85 bits per heavy atom. The third-order valence-electron chi connectivity index (χ3n) is 3.90. The normalized spacial score (nSPS) is 14.6. The molecule has 0 aliphatic heterocycles. The lowest BCUT2D eigenvalue weighted by molar-refractivity contribution is 0.627. The Bertz CT molecular complexity index is 629. The number of nitrogens with one attached hydrogen (secondary N) is 1. The molecule has 0 radical (unpaired) electrons. The summed E-state index contributed by atoms with van der Waals surface area (Å²) in [4.78, 5) is 0. The van der Waals surface area contributed by atoms with Gasteiger partial charge in [0.1, 0.15) is 5.82 Å². The lowest BCUT2D eigenvalue weighted by Gasteiger charge is -2.14. The van der Waals surface area contributed by atoms with E-state index in [0.717, 1.165) is 17.7 Å². The van der Waals surface area contributed by atoms with Crippen molar-refractivity contribution >= 4 is 0 Å². The molecule has 104 valence electrons. The van der Waals surface area contributed by atoms with E-state index in [1.165, 1.54) is 29.5 Å². The molecule has 20 heavy (non-hydrogen) atoms. The maximum Gasteiger partial charge on any atom is 0.123 e. The van der Waals surface area contributed by atoms with Crippen molar-refractivity contribution < 1.29 is 4.39 Å². The van der Waals surface area contributed by atoms with Gasteiger partial charge in [0.15, 0.2) is 0 Å². The maximum atomic E-state index is 13.3. The molecule has 2 aromatic rings. The number of halogens is 1. The molecule has 1 aliphatic carbocycles. The van der Waals surface area contributed by atoms with Crippen LogP contribution in [-0.4, -0.2) is 6.04 Å². The van der Waals surface area contributed by atoms with Crippen molar-refractivity contribution in [3.05, 3.63) is 58.9 Å². The Balaban J connectivity index is 1.98. The summed E-state index contributed by atoms with van der Waals surface area (Å²) in [5.74, 6) is -0.170. The minimum absolute atomic E-state index is 0.170. The summed E-state index contributed by atoms with van der Waals surface area (Å²) < 4.78 is 13.3. The van der Waals surface area contributed by atoms with Crippen LogP contribution in [0.2, 0.25) is 0 Å². The second kappa shape index (κ2) is 5.37. The molecule has 0 amide bonds. The molecule has 1 fully saturated rings. The highest BCUT2D eigenvalue weighted by atomic mass is 19.1. The average Bonchev–Trinajstić information content (AvgIpc) is 3.21. The molecular formula is C18H20FN. The van der Waals surface area contributed by atoms with E-state index in [-0.39, 0.29) is 5.82 Å². The summed E-state index contributed by atoms with van der Waals surface area (Å²) in [6.45, 7) is 4.95. The first kappa shape index (κ1) is 13.3. The van der Waals surface area contributed by atoms with Gasteiger partial charge in [0.2, 0.25) is 0 Å². The number of rotatable bonds is 4. The Labute approximate surface area is 119 Å². The van der Waals surface area contributed by atoms with Crippen LogP contribution < -0.4 is 5.32 Å². The first-order valence-electron chi connectivity index (χ1n) is 7.23. The molecule has 1 saturated carbocycles. The van der Waals surface area contributed by atoms with E-state index < -0.39 is 0 Å². The maximum absolute atomic E-state index is 13.3. The standard InChI is InChI=1S/C18H20FN/c1-12-3-4-14(11-20-16-6-7-16)18(9-12)17-8-5-15(19)10-13(17)2/h3-5,8-10,16,20H,6-7,11H2,1-2H3. The van der Waals surface area contributed by atoms with Crippen molar-refractivity contribution in [1.82, 2.24) is 5.32 Å². The minimum atomic E-state index is -0.170. The monoisotopic (exact) mass is 269 g/mol. The van der Waals surface area contributed by atoms with Crippen LogP contribution in [0, 0.1) is 19.7 Å². The molecule has 0 unspecified atom stereocenters. The highest BCUT2D eigenvalue weighted by Gasteiger charge is 2.20. The van der Waals surface area contributed by atoms with E-state index in [1.807, 2.05) is 13.0 Å². The zero-order valence-electron chi connectivity index (χ0n) is 12.0. The summed E-state index contributed by atoms with van der Waals surface area (Å²) in [6.07, 6.45) is 2.58. The number of aryl methyl sites for hydroxylation is 2. The molecule has 0 heterocycles. The van der Waals surface area contributed by atoms with Crippen molar-refractivity contribution in [2.45, 2.75) is 39.3 Å². The number of hydrogen-bond donors (Lipinski definition) is 1. The third-order valence-corrected chi connectivity index (χ3v) is 3.90. The van der Waals surface area contributed by atoms with Gasteiger partial charge in [0, 0.05) is 12.6 Å². The second-order valence-corrected chi connectivity index (χ2v) is 5.78. The SMILES string of the molecule is Cc1ccc(CNC2CC2)c(-c2ccc(F)cc2C)c1. The lowest BCUT2D eigenvalue weighted by Crippen LogP contribution is -2.16. The van der Waals surface area contributed by atoms with E-state index >= 15 is 0 Å². The predicted octanol–water partition coefficient (Wildman–Crippen LogP) is 4.36. The highest BCUT2D eigenvalue weighted by Crippen LogP contribution is 2.29. The third kappa shape index (κ3) is 2.91. The molecular weight excluding hydrogens is 249 g/mol. The van der Waals surface area contributed by atoms with E-state index in [0.29, 0.717) is 6.04 Å². The van der Waals surface area contributed by atoms with Gasteiger partial charge in [0.25, 0.3) is 0 Å². The van der Waals surface area contributed by atoms with Gasteiger partial charge in [-0.3, -0.25) is 0 Å². The lowest BCUT2D eigenvalue weighted by atomic mass is 9.94. The summed E-state index contributed by atoms with van der Waals surface area (Å²) in [5, 5.41) is 3.56. The zero-order valence-corrected chi connectivity index (χ0v) is 12.0. The van der Waals surface area contributed by atoms with E-state index in [9.17, 15) is 4.39 Å². The molecule has 0 atom stereocenters. The molecule has 0 saturated heterocycles. The summed E-state index contributed by atoms with van der Waals surface area (Å²) in [6, 6.07) is 12.3. The van der Waals surface area contributed by atoms with Gasteiger partial charge < -0.3 is 5.32 Å². The predicted molar refractivity (Wildman–Crippen MR) is 81.2 cm³/mol. The quantitative estimate of drug-likeness (QED) is 0.869. The molecule has 0 aromatic heterocycles. The van der Waals surface area contributed by atoms with E-state index in [2.05, 4.69) is 30.4 Å². The summed E-state index contributed by atoms with van der Waals surface area (Å²) in [5.41, 5.74) is 5.86. The van der Waals surface area contributed by atoms with Gasteiger partial charge in [0.05, 0.1) is 0 Å². The Morgan fingerprint density at radius 1 is 1.05 bits per heavy atom. The van der Waals surface area contributed by atoms with Crippen LogP contribution in [0.1, 0.15) is 29.5 Å². The topological polar surface area (TPSA) is 12.0 Å². The highest BCUT2D eigenvalue weighted by molar-refractivity contribution is 5.71. The van der Waals surface area contributed by atoms with Crippen molar-refractivity contribution in [2.75, 3.05) is 0 Å². The van der Waals surface area contributed by atoms with Crippen molar-refractivity contribution in [3.8, 4) is 11.1 Å². The minimum Gasteiger partial charge on any atom is -0.310 e. The zero-order chi connectivity index (χ0) is 14.1. The van der Waals surface area contributed by atoms with Crippen LogP contribution in [-0.2, 0) is 6.54 Å². The van der Waals surface area contributed by atoms with Crippen LogP contribution in [0.3, 0.4) is 0 Å². The van der Waals surface area contributed by atoms with Crippen LogP contribution in [0.25, 0.3) is 11.1 Å². The Hall–Kier alpha value is -1.67. The van der Waals surface area contributed by atoms with Gasteiger partial charge in [-0.15, -0.1) is 0 Å². The molecule has 2 aromatic carbocycles. The van der Waals surface area contributed by atoms with Crippen molar-refractivity contribution in [2.24, 2.45) is 0 Å². The molecule has 0 spiro atoms. The van der Waals surface area contributed by atoms with Gasteiger partial charge in [-0.05, 0) is 61.1 Å². The van der Waals surface area contributed by atoms with Crippen LogP contribution in [0.5, 0.6) is 0 Å². The molecule has 2 heteroatoms. The molecule has 3 rings (SSSR count). The van der Waals surface area contributed by atoms with Crippen molar-refractivity contribution in [3.63, 3.8) is 0 Å². The Morgan fingerprint density at radius 3 is 2.55 bits per heavy atom. The largest absolute Gasteiger partial charge is 0.310 e. The number of hydrogen-bond acceptors (Lipinski definition) is 1. The van der Waals surface area contributed by atoms with Gasteiger partial charge in [-0.1, -0.05) is 29.8 Å². The fourth-order valence-corrected chi connectivity index (χ4v) is 2.57. The average molecular weight is 269 g/mol. The van der Waals surface area contributed by atoms with Gasteiger partial charge in [-0.2, -0.15) is 0 Å². The summed E-state index contributed by atoms with van der Waals surface area (Å²) in [7, 11) is 0. The van der Waals surface area contributed by atoms with Gasteiger partial charge in [-0.25, -0.2) is 4.39 Å². The van der Waals surface area contributed by atoms with Crippen molar-refractivity contribution in [1.29, 1.82) is 0 Å². The fraction of sp³-hybridized carbons (Fsp3) is 0.333. The molecule has 1 aliphatic rings. The molecule has 1 N–H and O–H groups in total. The first-order valence-corrected chi connectivity index (χ1v) is 7.23. The second-order valence-electron chi connectivity index (χ2n) is 5.78. The fourth-order valence-electron chi connectivity index (χ4n) is 2.57.